The van der Waals surface area contributed by atoms with Crippen LogP contribution in [0.2, 0.25) is 0 Å². The number of aromatic amines is 1. The highest BCUT2D eigenvalue weighted by molar-refractivity contribution is 6.04. The number of aromatic nitrogens is 1. The van der Waals surface area contributed by atoms with Gasteiger partial charge in [0.05, 0.1) is 0 Å². The third-order valence-corrected chi connectivity index (χ3v) is 5.86. The van der Waals surface area contributed by atoms with Crippen LogP contribution in [-0.4, -0.2) is 24.0 Å². The number of nitrogens with zero attached hydrogens (tertiary/aromatic N) is 1. The second kappa shape index (κ2) is 8.11. The minimum atomic E-state index is -0.129. The Balaban J connectivity index is 1.33. The van der Waals surface area contributed by atoms with Gasteiger partial charge in [-0.1, -0.05) is 30.3 Å². The van der Waals surface area contributed by atoms with Crippen molar-refractivity contribution in [3.05, 3.63) is 94.9 Å². The number of carbonyl (C=O) groups is 1. The first-order valence-electron chi connectivity index (χ1n) is 10.6. The average Bonchev–Trinajstić information content (AvgIpc) is 3.35. The summed E-state index contributed by atoms with van der Waals surface area (Å²) in [6, 6.07) is 23.0. The van der Waals surface area contributed by atoms with E-state index in [1.165, 1.54) is 18.5 Å². The van der Waals surface area contributed by atoms with Crippen molar-refractivity contribution in [1.29, 1.82) is 0 Å². The van der Waals surface area contributed by atoms with Gasteiger partial charge in [0.15, 0.2) is 0 Å². The summed E-state index contributed by atoms with van der Waals surface area (Å²) in [4.78, 5) is 29.9. The Morgan fingerprint density at radius 3 is 2.23 bits per heavy atom. The number of fused-ring (bicyclic) bond motifs is 1. The predicted octanol–water partition coefficient (Wildman–Crippen LogP) is 5.05. The minimum absolute atomic E-state index is 0.0982. The molecule has 2 heterocycles. The molecule has 3 aromatic carbocycles. The minimum Gasteiger partial charge on any atom is -0.372 e. The molecule has 1 fully saturated rings. The molecule has 5 rings (SSSR count). The van der Waals surface area contributed by atoms with Crippen molar-refractivity contribution in [2.75, 3.05) is 23.3 Å². The zero-order chi connectivity index (χ0) is 21.2. The fraction of sp³-hybridized carbons (Fsp3) is 0.154. The lowest BCUT2D eigenvalue weighted by molar-refractivity contribution is 0.102. The molecule has 1 aromatic heterocycles. The summed E-state index contributed by atoms with van der Waals surface area (Å²) in [6.45, 7) is 2.17. The van der Waals surface area contributed by atoms with Crippen LogP contribution in [0.3, 0.4) is 0 Å². The van der Waals surface area contributed by atoms with Gasteiger partial charge in [-0.25, -0.2) is 0 Å². The van der Waals surface area contributed by atoms with Gasteiger partial charge in [0, 0.05) is 47.2 Å². The van der Waals surface area contributed by atoms with Crippen LogP contribution in [0, 0.1) is 0 Å². The summed E-state index contributed by atoms with van der Waals surface area (Å²) >= 11 is 0. The maximum atomic E-state index is 12.6. The number of nitrogens with one attached hydrogen (secondary N) is 2. The number of carbonyl (C=O) groups excluding carboxylic acids is 1. The number of hydrogen-bond donors (Lipinski definition) is 2. The van der Waals surface area contributed by atoms with Crippen molar-refractivity contribution in [2.45, 2.75) is 12.8 Å². The second-order valence-corrected chi connectivity index (χ2v) is 7.85. The fourth-order valence-corrected chi connectivity index (χ4v) is 4.18. The van der Waals surface area contributed by atoms with Gasteiger partial charge < -0.3 is 15.2 Å². The maximum Gasteiger partial charge on any atom is 0.255 e. The molecule has 1 amide bonds. The van der Waals surface area contributed by atoms with Crippen molar-refractivity contribution in [3.63, 3.8) is 0 Å². The smallest absolute Gasteiger partial charge is 0.255 e. The van der Waals surface area contributed by atoms with E-state index in [4.69, 9.17) is 0 Å². The van der Waals surface area contributed by atoms with Crippen molar-refractivity contribution in [1.82, 2.24) is 4.98 Å². The van der Waals surface area contributed by atoms with E-state index >= 15 is 0 Å². The third kappa shape index (κ3) is 3.82. The Morgan fingerprint density at radius 1 is 0.839 bits per heavy atom. The van der Waals surface area contributed by atoms with Gasteiger partial charge in [-0.3, -0.25) is 9.59 Å². The summed E-state index contributed by atoms with van der Waals surface area (Å²) in [7, 11) is 0. The predicted molar refractivity (Wildman–Crippen MR) is 126 cm³/mol. The third-order valence-electron chi connectivity index (χ3n) is 5.86. The normalized spacial score (nSPS) is 13.5. The second-order valence-electron chi connectivity index (χ2n) is 7.85. The van der Waals surface area contributed by atoms with Crippen LogP contribution in [0.25, 0.3) is 21.9 Å². The lowest BCUT2D eigenvalue weighted by Gasteiger charge is -2.17. The zero-order valence-electron chi connectivity index (χ0n) is 17.1. The number of amides is 1. The van der Waals surface area contributed by atoms with Crippen molar-refractivity contribution in [2.24, 2.45) is 0 Å². The van der Waals surface area contributed by atoms with E-state index in [0.717, 1.165) is 35.3 Å². The maximum absolute atomic E-state index is 12.6. The Kier molecular flexibility index (Phi) is 5.00. The monoisotopic (exact) mass is 409 g/mol. The van der Waals surface area contributed by atoms with E-state index < -0.39 is 0 Å². The largest absolute Gasteiger partial charge is 0.372 e. The molecule has 0 atom stereocenters. The summed E-state index contributed by atoms with van der Waals surface area (Å²) in [6.07, 6.45) is 4.19. The van der Waals surface area contributed by atoms with Crippen molar-refractivity contribution in [3.8, 4) is 11.1 Å². The quantitative estimate of drug-likeness (QED) is 0.496. The molecule has 154 valence electrons. The molecule has 1 aliphatic rings. The Bertz CT molecular complexity index is 1290. The average molecular weight is 409 g/mol. The van der Waals surface area contributed by atoms with Crippen LogP contribution < -0.4 is 15.8 Å². The summed E-state index contributed by atoms with van der Waals surface area (Å²) < 4.78 is 0. The lowest BCUT2D eigenvalue weighted by atomic mass is 10.0. The summed E-state index contributed by atoms with van der Waals surface area (Å²) in [5.41, 5.74) is 4.36. The molecule has 5 heteroatoms. The van der Waals surface area contributed by atoms with E-state index in [9.17, 15) is 9.59 Å². The Morgan fingerprint density at radius 2 is 1.52 bits per heavy atom. The van der Waals surface area contributed by atoms with E-state index in [1.807, 2.05) is 72.8 Å². The number of pyridine rings is 1. The molecule has 1 aliphatic heterocycles. The van der Waals surface area contributed by atoms with Crippen molar-refractivity contribution < 1.29 is 4.79 Å². The van der Waals surface area contributed by atoms with Crippen LogP contribution >= 0.6 is 0 Å². The molecule has 0 saturated carbocycles. The van der Waals surface area contributed by atoms with Gasteiger partial charge in [-0.05, 0) is 66.3 Å². The van der Waals surface area contributed by atoms with Gasteiger partial charge >= 0.3 is 0 Å². The molecule has 0 aliphatic carbocycles. The zero-order valence-corrected chi connectivity index (χ0v) is 17.1. The number of rotatable bonds is 4. The molecule has 2 N–H and O–H groups in total. The van der Waals surface area contributed by atoms with Crippen molar-refractivity contribution >= 4 is 28.1 Å². The fourth-order valence-electron chi connectivity index (χ4n) is 4.18. The molecule has 1 saturated heterocycles. The first-order chi connectivity index (χ1) is 15.2. The lowest BCUT2D eigenvalue weighted by Crippen LogP contribution is -2.18. The van der Waals surface area contributed by atoms with E-state index in [1.54, 1.807) is 6.20 Å². The number of anilines is 2. The van der Waals surface area contributed by atoms with Crippen LogP contribution in [0.15, 0.2) is 83.8 Å². The van der Waals surface area contributed by atoms with Gasteiger partial charge in [0.1, 0.15) is 0 Å². The molecule has 5 nitrogen and oxygen atoms in total. The van der Waals surface area contributed by atoms with Crippen LogP contribution in [0.4, 0.5) is 11.4 Å². The van der Waals surface area contributed by atoms with E-state index in [2.05, 4.69) is 15.2 Å². The highest BCUT2D eigenvalue weighted by Gasteiger charge is 2.13. The Labute approximate surface area is 180 Å². The highest BCUT2D eigenvalue weighted by atomic mass is 16.1. The molecular weight excluding hydrogens is 386 g/mol. The number of hydrogen-bond acceptors (Lipinski definition) is 3. The summed E-state index contributed by atoms with van der Waals surface area (Å²) in [5.74, 6) is -0.129. The Hall–Kier alpha value is -3.86. The first kappa shape index (κ1) is 19.1. The van der Waals surface area contributed by atoms with Crippen LogP contribution in [0.5, 0.6) is 0 Å². The molecule has 31 heavy (non-hydrogen) atoms. The van der Waals surface area contributed by atoms with Gasteiger partial charge in [0.25, 0.3) is 11.5 Å². The van der Waals surface area contributed by atoms with E-state index in [0.29, 0.717) is 10.9 Å². The summed E-state index contributed by atoms with van der Waals surface area (Å²) in [5, 5.41) is 4.53. The molecule has 0 spiro atoms. The topological polar surface area (TPSA) is 65.2 Å². The highest BCUT2D eigenvalue weighted by Crippen LogP contribution is 2.27. The van der Waals surface area contributed by atoms with Crippen LogP contribution in [-0.2, 0) is 0 Å². The van der Waals surface area contributed by atoms with Gasteiger partial charge in [-0.15, -0.1) is 0 Å². The molecule has 0 bridgehead atoms. The molecular formula is C26H23N3O2. The molecule has 4 aromatic rings. The number of benzene rings is 3. The van der Waals surface area contributed by atoms with Gasteiger partial charge in [-0.2, -0.15) is 0 Å². The standard InChI is InChI=1S/C26H23N3O2/c30-25(19-9-13-21(14-10-19)29-15-3-4-16-29)28-20-11-7-18(8-12-20)24-17-27-26(31)23-6-2-1-5-22(23)24/h1-2,5-14,17H,3-4,15-16H2,(H,27,31)(H,28,30). The van der Waals surface area contributed by atoms with E-state index in [-0.39, 0.29) is 11.5 Å². The number of H-pyrrole nitrogens is 1. The first-order valence-corrected chi connectivity index (χ1v) is 10.6. The SMILES string of the molecule is O=C(Nc1ccc(-c2c[nH]c(=O)c3ccccc23)cc1)c1ccc(N2CCCC2)cc1. The van der Waals surface area contributed by atoms with Crippen LogP contribution in [0.1, 0.15) is 23.2 Å². The molecule has 0 unspecified atom stereocenters. The van der Waals surface area contributed by atoms with Gasteiger partial charge in [0.2, 0.25) is 0 Å². The molecule has 0 radical (unpaired) electrons.